The molecule has 0 aliphatic heterocycles. The summed E-state index contributed by atoms with van der Waals surface area (Å²) < 4.78 is 0. The third kappa shape index (κ3) is 2.98. The van der Waals surface area contributed by atoms with E-state index >= 15 is 0 Å². The first-order chi connectivity index (χ1) is 8.81. The van der Waals surface area contributed by atoms with E-state index in [4.69, 9.17) is 0 Å². The van der Waals surface area contributed by atoms with Crippen molar-refractivity contribution in [1.29, 1.82) is 0 Å². The van der Waals surface area contributed by atoms with Crippen molar-refractivity contribution in [3.8, 4) is 0 Å². The molecule has 0 heterocycles. The molecule has 2 aromatic rings. The molecule has 0 atom stereocenters. The molecule has 0 bridgehead atoms. The maximum Gasteiger partial charge on any atom is -0.0152 e. The van der Waals surface area contributed by atoms with Crippen LogP contribution in [0, 0.1) is 0 Å². The zero-order valence-electron chi connectivity index (χ0n) is 10.9. The van der Waals surface area contributed by atoms with Crippen molar-refractivity contribution in [2.75, 3.05) is 0 Å². The Bertz CT molecular complexity index is 545. The standard InChI is InChI=1S/C18H18/c1-3-15(2)18(17-12-8-5-9-13-17)14-16-10-6-4-7-11-16/h3-14H,1-2H3/b15-3-,18-14+. The van der Waals surface area contributed by atoms with Gasteiger partial charge in [-0.15, -0.1) is 0 Å². The molecule has 0 N–H and O–H groups in total. The van der Waals surface area contributed by atoms with Gasteiger partial charge in [0.15, 0.2) is 0 Å². The van der Waals surface area contributed by atoms with Crippen molar-refractivity contribution >= 4 is 11.6 Å². The highest BCUT2D eigenvalue weighted by Gasteiger charge is 2.02. The first kappa shape index (κ1) is 12.4. The Labute approximate surface area is 109 Å². The molecule has 2 rings (SSSR count). The molecular formula is C18H18. The van der Waals surface area contributed by atoms with Crippen molar-refractivity contribution in [1.82, 2.24) is 0 Å². The van der Waals surface area contributed by atoms with Crippen molar-refractivity contribution < 1.29 is 0 Å². The molecule has 90 valence electrons. The first-order valence-electron chi connectivity index (χ1n) is 6.26. The van der Waals surface area contributed by atoms with Crippen LogP contribution in [-0.2, 0) is 0 Å². The molecule has 0 nitrogen and oxygen atoms in total. The average molecular weight is 234 g/mol. The van der Waals surface area contributed by atoms with Gasteiger partial charge in [-0.3, -0.25) is 0 Å². The fourth-order valence-corrected chi connectivity index (χ4v) is 1.91. The summed E-state index contributed by atoms with van der Waals surface area (Å²) in [4.78, 5) is 0. The summed E-state index contributed by atoms with van der Waals surface area (Å²) in [5.41, 5.74) is 5.07. The maximum absolute atomic E-state index is 2.24. The lowest BCUT2D eigenvalue weighted by Crippen LogP contribution is -1.86. The molecule has 2 aromatic carbocycles. The molecule has 0 amide bonds. The minimum atomic E-state index is 1.23. The lowest BCUT2D eigenvalue weighted by molar-refractivity contribution is 1.47. The molecule has 0 saturated carbocycles. The molecule has 0 radical (unpaired) electrons. The van der Waals surface area contributed by atoms with Crippen LogP contribution in [0.2, 0.25) is 0 Å². The second kappa shape index (κ2) is 6.02. The zero-order chi connectivity index (χ0) is 12.8. The molecule has 0 saturated heterocycles. The van der Waals surface area contributed by atoms with E-state index in [2.05, 4.69) is 80.6 Å². The number of hydrogen-bond acceptors (Lipinski definition) is 0. The fraction of sp³-hybridized carbons (Fsp3) is 0.111. The number of allylic oxidation sites excluding steroid dienone is 3. The molecule has 0 spiro atoms. The van der Waals surface area contributed by atoms with E-state index in [9.17, 15) is 0 Å². The minimum absolute atomic E-state index is 1.23. The molecule has 0 fully saturated rings. The van der Waals surface area contributed by atoms with E-state index in [0.29, 0.717) is 0 Å². The smallest absolute Gasteiger partial charge is 0.0152 e. The van der Waals surface area contributed by atoms with Gasteiger partial charge in [0.25, 0.3) is 0 Å². The van der Waals surface area contributed by atoms with Gasteiger partial charge >= 0.3 is 0 Å². The van der Waals surface area contributed by atoms with Gasteiger partial charge in [-0.25, -0.2) is 0 Å². The van der Waals surface area contributed by atoms with Gasteiger partial charge in [-0.1, -0.05) is 66.7 Å². The lowest BCUT2D eigenvalue weighted by atomic mass is 9.96. The largest absolute Gasteiger partial charge is 0.0841 e. The molecule has 0 aromatic heterocycles. The van der Waals surface area contributed by atoms with Gasteiger partial charge in [-0.2, -0.15) is 0 Å². The van der Waals surface area contributed by atoms with Gasteiger partial charge < -0.3 is 0 Å². The minimum Gasteiger partial charge on any atom is -0.0841 e. The molecule has 0 aliphatic carbocycles. The van der Waals surface area contributed by atoms with E-state index in [0.717, 1.165) is 0 Å². The summed E-state index contributed by atoms with van der Waals surface area (Å²) in [5.74, 6) is 0. The van der Waals surface area contributed by atoms with Crippen molar-refractivity contribution in [3.05, 3.63) is 83.4 Å². The first-order valence-corrected chi connectivity index (χ1v) is 6.26. The summed E-state index contributed by atoms with van der Waals surface area (Å²) in [6.45, 7) is 4.23. The molecule has 18 heavy (non-hydrogen) atoms. The Morgan fingerprint density at radius 2 is 1.39 bits per heavy atom. The van der Waals surface area contributed by atoms with E-state index < -0.39 is 0 Å². The molecule has 0 aliphatic rings. The fourth-order valence-electron chi connectivity index (χ4n) is 1.91. The third-order valence-electron chi connectivity index (χ3n) is 3.05. The third-order valence-corrected chi connectivity index (χ3v) is 3.05. The van der Waals surface area contributed by atoms with Crippen LogP contribution in [0.4, 0.5) is 0 Å². The Balaban J connectivity index is 2.48. The second-order valence-corrected chi connectivity index (χ2v) is 4.31. The Hall–Kier alpha value is -2.08. The Kier molecular flexibility index (Phi) is 4.14. The van der Waals surface area contributed by atoms with Crippen LogP contribution in [0.5, 0.6) is 0 Å². The highest BCUT2D eigenvalue weighted by molar-refractivity contribution is 5.90. The van der Waals surface area contributed by atoms with Crippen LogP contribution < -0.4 is 0 Å². The van der Waals surface area contributed by atoms with Crippen LogP contribution in [0.25, 0.3) is 11.6 Å². The van der Waals surface area contributed by atoms with Crippen molar-refractivity contribution in [2.24, 2.45) is 0 Å². The van der Waals surface area contributed by atoms with E-state index in [1.54, 1.807) is 0 Å². The van der Waals surface area contributed by atoms with Crippen LogP contribution in [0.3, 0.4) is 0 Å². The van der Waals surface area contributed by atoms with Gasteiger partial charge in [0.05, 0.1) is 0 Å². The van der Waals surface area contributed by atoms with E-state index in [1.807, 2.05) is 6.07 Å². The SMILES string of the molecule is C/C=C(C)\C(=C/c1ccccc1)c1ccccc1. The Morgan fingerprint density at radius 3 is 1.94 bits per heavy atom. The van der Waals surface area contributed by atoms with Gasteiger partial charge in [0.1, 0.15) is 0 Å². The van der Waals surface area contributed by atoms with Crippen molar-refractivity contribution in [3.63, 3.8) is 0 Å². The predicted molar refractivity (Wildman–Crippen MR) is 80.2 cm³/mol. The monoisotopic (exact) mass is 234 g/mol. The second-order valence-electron chi connectivity index (χ2n) is 4.31. The lowest BCUT2D eigenvalue weighted by Gasteiger charge is -2.08. The highest BCUT2D eigenvalue weighted by Crippen LogP contribution is 2.25. The van der Waals surface area contributed by atoms with E-state index in [-0.39, 0.29) is 0 Å². The topological polar surface area (TPSA) is 0 Å². The summed E-state index contributed by atoms with van der Waals surface area (Å²) in [6, 6.07) is 21.0. The quantitative estimate of drug-likeness (QED) is 0.506. The summed E-state index contributed by atoms with van der Waals surface area (Å²) in [7, 11) is 0. The summed E-state index contributed by atoms with van der Waals surface area (Å²) >= 11 is 0. The van der Waals surface area contributed by atoms with E-state index in [1.165, 1.54) is 22.3 Å². The summed E-state index contributed by atoms with van der Waals surface area (Å²) in [6.07, 6.45) is 4.40. The van der Waals surface area contributed by atoms with Crippen molar-refractivity contribution in [2.45, 2.75) is 13.8 Å². The van der Waals surface area contributed by atoms with Crippen LogP contribution in [-0.4, -0.2) is 0 Å². The van der Waals surface area contributed by atoms with Gasteiger partial charge in [-0.05, 0) is 42.2 Å². The van der Waals surface area contributed by atoms with Crippen LogP contribution >= 0.6 is 0 Å². The predicted octanol–water partition coefficient (Wildman–Crippen LogP) is 5.19. The number of hydrogen-bond donors (Lipinski definition) is 0. The van der Waals surface area contributed by atoms with Gasteiger partial charge in [0.2, 0.25) is 0 Å². The molecule has 0 heteroatoms. The van der Waals surface area contributed by atoms with Crippen LogP contribution in [0.1, 0.15) is 25.0 Å². The number of rotatable bonds is 3. The highest BCUT2D eigenvalue weighted by atomic mass is 14.1. The normalized spacial score (nSPS) is 12.6. The number of benzene rings is 2. The van der Waals surface area contributed by atoms with Gasteiger partial charge in [0, 0.05) is 0 Å². The van der Waals surface area contributed by atoms with Crippen LogP contribution in [0.15, 0.2) is 72.3 Å². The zero-order valence-corrected chi connectivity index (χ0v) is 10.9. The molecular weight excluding hydrogens is 216 g/mol. The summed E-state index contributed by atoms with van der Waals surface area (Å²) in [5, 5.41) is 0. The average Bonchev–Trinajstić information content (AvgIpc) is 2.46. The Morgan fingerprint density at radius 1 is 0.833 bits per heavy atom. The molecule has 0 unspecified atom stereocenters. The maximum atomic E-state index is 2.24.